The molecular formula is C20H24N4O3. The fraction of sp³-hybridized carbons (Fsp3) is 0.450. The van der Waals surface area contributed by atoms with E-state index < -0.39 is 0 Å². The number of likely N-dealkylation sites (N-methyl/N-ethyl adjacent to an activating group) is 1. The molecule has 142 valence electrons. The first-order valence-electron chi connectivity index (χ1n) is 9.31. The first-order chi connectivity index (χ1) is 12.9. The average Bonchev–Trinajstić information content (AvgIpc) is 2.96. The highest BCUT2D eigenvalue weighted by Crippen LogP contribution is 2.30. The van der Waals surface area contributed by atoms with Gasteiger partial charge in [0.2, 0.25) is 11.8 Å². The molecule has 3 aliphatic heterocycles. The molecule has 0 unspecified atom stereocenters. The van der Waals surface area contributed by atoms with Crippen molar-refractivity contribution in [2.75, 3.05) is 33.7 Å². The smallest absolute Gasteiger partial charge is 0.254 e. The summed E-state index contributed by atoms with van der Waals surface area (Å²) in [5.41, 5.74) is 1.54. The first kappa shape index (κ1) is 17.6. The zero-order valence-electron chi connectivity index (χ0n) is 15.6. The molecule has 3 aliphatic rings. The summed E-state index contributed by atoms with van der Waals surface area (Å²) in [7, 11) is 3.38. The molecule has 1 aromatic carbocycles. The van der Waals surface area contributed by atoms with Crippen LogP contribution < -0.4 is 0 Å². The highest BCUT2D eigenvalue weighted by molar-refractivity contribution is 5.98. The number of rotatable bonds is 3. The fourth-order valence-corrected chi connectivity index (χ4v) is 4.06. The van der Waals surface area contributed by atoms with Gasteiger partial charge in [0.05, 0.1) is 5.92 Å². The molecular weight excluding hydrogens is 344 g/mol. The number of hydrogen-bond acceptors (Lipinski definition) is 3. The maximum absolute atomic E-state index is 13.1. The Morgan fingerprint density at radius 1 is 1.19 bits per heavy atom. The predicted molar refractivity (Wildman–Crippen MR) is 101 cm³/mol. The van der Waals surface area contributed by atoms with Gasteiger partial charge in [-0.1, -0.05) is 6.07 Å². The van der Waals surface area contributed by atoms with Crippen LogP contribution in [0.15, 0.2) is 30.5 Å². The van der Waals surface area contributed by atoms with E-state index in [4.69, 9.17) is 0 Å². The molecule has 3 saturated heterocycles. The molecule has 2 atom stereocenters. The van der Waals surface area contributed by atoms with Crippen LogP contribution in [-0.2, 0) is 9.59 Å². The van der Waals surface area contributed by atoms with Crippen molar-refractivity contribution < 1.29 is 14.4 Å². The summed E-state index contributed by atoms with van der Waals surface area (Å²) in [6.45, 7) is 0.984. The van der Waals surface area contributed by atoms with Crippen LogP contribution in [-0.4, -0.2) is 77.2 Å². The summed E-state index contributed by atoms with van der Waals surface area (Å²) in [5.74, 6) is -0.378. The van der Waals surface area contributed by atoms with E-state index in [-0.39, 0.29) is 36.2 Å². The average molecular weight is 368 g/mol. The van der Waals surface area contributed by atoms with Gasteiger partial charge in [0.1, 0.15) is 6.54 Å². The van der Waals surface area contributed by atoms with Gasteiger partial charge in [-0.05, 0) is 36.4 Å². The third kappa shape index (κ3) is 3.18. The summed E-state index contributed by atoms with van der Waals surface area (Å²) in [4.78, 5) is 46.1. The van der Waals surface area contributed by atoms with Crippen LogP contribution in [0.5, 0.6) is 0 Å². The van der Waals surface area contributed by atoms with Gasteiger partial charge in [-0.3, -0.25) is 14.4 Å². The van der Waals surface area contributed by atoms with Gasteiger partial charge in [0.15, 0.2) is 0 Å². The minimum Gasteiger partial charge on any atom is -0.361 e. The highest BCUT2D eigenvalue weighted by Gasteiger charge is 2.42. The normalized spacial score (nSPS) is 22.2. The van der Waals surface area contributed by atoms with Gasteiger partial charge in [0.25, 0.3) is 5.91 Å². The lowest BCUT2D eigenvalue weighted by molar-refractivity contribution is -0.145. The number of carbonyl (C=O) groups excluding carboxylic acids is 3. The Hall–Kier alpha value is -2.83. The number of amides is 3. The molecule has 7 heteroatoms. The topological polar surface area (TPSA) is 76.7 Å². The molecule has 4 heterocycles. The lowest BCUT2D eigenvalue weighted by Gasteiger charge is -2.35. The summed E-state index contributed by atoms with van der Waals surface area (Å²) in [6.07, 6.45) is 3.45. The van der Waals surface area contributed by atoms with Crippen molar-refractivity contribution in [3.05, 3.63) is 36.0 Å². The van der Waals surface area contributed by atoms with Gasteiger partial charge in [-0.15, -0.1) is 0 Å². The van der Waals surface area contributed by atoms with Gasteiger partial charge in [0, 0.05) is 50.5 Å². The lowest BCUT2D eigenvalue weighted by atomic mass is 9.94. The molecule has 0 saturated carbocycles. The monoisotopic (exact) mass is 368 g/mol. The van der Waals surface area contributed by atoms with E-state index in [9.17, 15) is 14.4 Å². The Bertz CT molecular complexity index is 904. The fourth-order valence-electron chi connectivity index (χ4n) is 4.06. The van der Waals surface area contributed by atoms with E-state index in [1.54, 1.807) is 23.9 Å². The van der Waals surface area contributed by atoms with Gasteiger partial charge >= 0.3 is 0 Å². The number of H-pyrrole nitrogens is 1. The summed E-state index contributed by atoms with van der Waals surface area (Å²) >= 11 is 0. The zero-order valence-corrected chi connectivity index (χ0v) is 15.6. The summed E-state index contributed by atoms with van der Waals surface area (Å²) in [6, 6.07) is 7.49. The SMILES string of the molecule is CN(C)C(=O)CN1C(=O)[C@H]2CC[C@@H]1CN(C(=O)c1ccc3cc[nH]c3c1)C2. The standard InChI is InChI=1S/C20H24N4O3/c1-22(2)18(25)12-24-16-6-5-15(20(24)27)10-23(11-16)19(26)14-4-3-13-7-8-21-17(13)9-14/h3-4,7-9,15-16,21H,5-6,10-12H2,1-2H3/t15-,16+/m0/s1. The molecule has 1 N–H and O–H groups in total. The van der Waals surface area contributed by atoms with Crippen LogP contribution in [0, 0.1) is 5.92 Å². The first-order valence-corrected chi connectivity index (χ1v) is 9.31. The molecule has 27 heavy (non-hydrogen) atoms. The van der Waals surface area contributed by atoms with Crippen LogP contribution in [0.4, 0.5) is 0 Å². The molecule has 7 nitrogen and oxygen atoms in total. The minimum atomic E-state index is -0.225. The van der Waals surface area contributed by atoms with Crippen LogP contribution in [0.3, 0.4) is 0 Å². The maximum atomic E-state index is 13.1. The molecule has 3 amide bonds. The Morgan fingerprint density at radius 2 is 2.00 bits per heavy atom. The molecule has 5 rings (SSSR count). The second kappa shape index (κ2) is 6.72. The number of nitrogens with zero attached hydrogens (tertiary/aromatic N) is 3. The van der Waals surface area contributed by atoms with Crippen molar-refractivity contribution in [3.63, 3.8) is 0 Å². The number of benzene rings is 1. The van der Waals surface area contributed by atoms with Crippen molar-refractivity contribution in [3.8, 4) is 0 Å². The van der Waals surface area contributed by atoms with Gasteiger partial charge < -0.3 is 19.7 Å². The van der Waals surface area contributed by atoms with E-state index >= 15 is 0 Å². The number of carbonyl (C=O) groups is 3. The van der Waals surface area contributed by atoms with Crippen molar-refractivity contribution in [1.82, 2.24) is 19.7 Å². The molecule has 3 fully saturated rings. The Labute approximate surface area is 157 Å². The lowest BCUT2D eigenvalue weighted by Crippen LogP contribution is -2.51. The predicted octanol–water partition coefficient (Wildman–Crippen LogP) is 1.32. The van der Waals surface area contributed by atoms with E-state index in [0.717, 1.165) is 23.7 Å². The number of hydrogen-bond donors (Lipinski definition) is 1. The third-order valence-corrected chi connectivity index (χ3v) is 5.69. The Balaban J connectivity index is 1.56. The van der Waals surface area contributed by atoms with Crippen molar-refractivity contribution >= 4 is 28.6 Å². The molecule has 2 bridgehead atoms. The van der Waals surface area contributed by atoms with Crippen molar-refractivity contribution in [2.24, 2.45) is 5.92 Å². The van der Waals surface area contributed by atoms with Gasteiger partial charge in [-0.25, -0.2) is 0 Å². The maximum Gasteiger partial charge on any atom is 0.254 e. The third-order valence-electron chi connectivity index (χ3n) is 5.69. The van der Waals surface area contributed by atoms with Crippen molar-refractivity contribution in [2.45, 2.75) is 18.9 Å². The largest absolute Gasteiger partial charge is 0.361 e. The molecule has 0 radical (unpaired) electrons. The van der Waals surface area contributed by atoms with Gasteiger partial charge in [-0.2, -0.15) is 0 Å². The van der Waals surface area contributed by atoms with Crippen LogP contribution in [0.1, 0.15) is 23.2 Å². The minimum absolute atomic E-state index is 0.00318. The molecule has 2 aromatic rings. The number of aromatic nitrogens is 1. The van der Waals surface area contributed by atoms with Crippen LogP contribution in [0.25, 0.3) is 10.9 Å². The number of fused-ring (bicyclic) bond motifs is 5. The summed E-state index contributed by atoms with van der Waals surface area (Å²) < 4.78 is 0. The molecule has 0 aliphatic carbocycles. The Morgan fingerprint density at radius 3 is 2.78 bits per heavy atom. The number of piperidine rings is 1. The van der Waals surface area contributed by atoms with E-state index in [1.165, 1.54) is 4.90 Å². The zero-order chi connectivity index (χ0) is 19.1. The van der Waals surface area contributed by atoms with E-state index in [0.29, 0.717) is 18.7 Å². The summed E-state index contributed by atoms with van der Waals surface area (Å²) in [5, 5.41) is 1.06. The second-order valence-corrected chi connectivity index (χ2v) is 7.67. The quantitative estimate of drug-likeness (QED) is 0.888. The highest BCUT2D eigenvalue weighted by atomic mass is 16.2. The van der Waals surface area contributed by atoms with Crippen LogP contribution >= 0.6 is 0 Å². The number of aromatic amines is 1. The number of nitrogens with one attached hydrogen (secondary N) is 1. The molecule has 0 spiro atoms. The molecule has 1 aromatic heterocycles. The van der Waals surface area contributed by atoms with Crippen molar-refractivity contribution in [1.29, 1.82) is 0 Å². The van der Waals surface area contributed by atoms with E-state index in [2.05, 4.69) is 4.98 Å². The second-order valence-electron chi connectivity index (χ2n) is 7.67. The Kier molecular flexibility index (Phi) is 4.37. The van der Waals surface area contributed by atoms with Crippen LogP contribution in [0.2, 0.25) is 0 Å². The van der Waals surface area contributed by atoms with E-state index in [1.807, 2.05) is 30.5 Å².